The topological polar surface area (TPSA) is 45.2 Å². The van der Waals surface area contributed by atoms with E-state index in [-0.39, 0.29) is 0 Å². The van der Waals surface area contributed by atoms with Crippen molar-refractivity contribution in [1.29, 1.82) is 0 Å². The van der Waals surface area contributed by atoms with Crippen LogP contribution in [0, 0.1) is 17.8 Å². The maximum atomic E-state index is 12.4. The Hall–Kier alpha value is -1.42. The molecule has 3 fully saturated rings. The summed E-state index contributed by atoms with van der Waals surface area (Å²) < 4.78 is 0. The van der Waals surface area contributed by atoms with Crippen LogP contribution in [0.3, 0.4) is 0 Å². The second kappa shape index (κ2) is 7.86. The van der Waals surface area contributed by atoms with Gasteiger partial charge < -0.3 is 10.2 Å². The van der Waals surface area contributed by atoms with E-state index in [1.807, 2.05) is 12.4 Å². The van der Waals surface area contributed by atoms with Crippen molar-refractivity contribution in [3.63, 3.8) is 0 Å². The summed E-state index contributed by atoms with van der Waals surface area (Å²) >= 11 is 0. The summed E-state index contributed by atoms with van der Waals surface area (Å²) in [5.41, 5.74) is 1.36. The van der Waals surface area contributed by atoms with Crippen LogP contribution in [0.4, 0.5) is 0 Å². The minimum Gasteiger partial charge on any atom is -0.353 e. The SMILES string of the molecule is O=C(CC1CC2CCC1C2)NC1CCN(CCc2ccncc2)CC1. The molecule has 1 aromatic rings. The molecular weight excluding hydrogens is 310 g/mol. The van der Waals surface area contributed by atoms with Gasteiger partial charge in [0.1, 0.15) is 0 Å². The number of fused-ring (bicyclic) bond motifs is 2. The van der Waals surface area contributed by atoms with Gasteiger partial charge in [0, 0.05) is 44.5 Å². The highest BCUT2D eigenvalue weighted by molar-refractivity contribution is 5.76. The van der Waals surface area contributed by atoms with Crippen molar-refractivity contribution in [2.24, 2.45) is 17.8 Å². The summed E-state index contributed by atoms with van der Waals surface area (Å²) in [6.45, 7) is 3.31. The molecule has 1 saturated heterocycles. The molecule has 4 nitrogen and oxygen atoms in total. The van der Waals surface area contributed by atoms with Gasteiger partial charge in [-0.25, -0.2) is 0 Å². The molecule has 0 spiro atoms. The Labute approximate surface area is 151 Å². The molecule has 2 heterocycles. The van der Waals surface area contributed by atoms with Crippen molar-refractivity contribution in [2.45, 2.75) is 57.4 Å². The zero-order valence-corrected chi connectivity index (χ0v) is 15.2. The molecule has 4 heteroatoms. The zero-order chi connectivity index (χ0) is 17.1. The Kier molecular flexibility index (Phi) is 5.35. The van der Waals surface area contributed by atoms with Crippen LogP contribution in [0.5, 0.6) is 0 Å². The number of hydrogen-bond acceptors (Lipinski definition) is 3. The van der Waals surface area contributed by atoms with Gasteiger partial charge in [-0.3, -0.25) is 9.78 Å². The third-order valence-corrected chi connectivity index (χ3v) is 6.75. The van der Waals surface area contributed by atoms with E-state index in [0.717, 1.165) is 57.2 Å². The number of nitrogens with zero attached hydrogens (tertiary/aromatic N) is 2. The normalized spacial score (nSPS) is 29.8. The molecule has 0 radical (unpaired) electrons. The van der Waals surface area contributed by atoms with Gasteiger partial charge in [0.2, 0.25) is 5.91 Å². The number of amides is 1. The molecule has 2 bridgehead atoms. The summed E-state index contributed by atoms with van der Waals surface area (Å²) in [6.07, 6.45) is 13.3. The number of nitrogens with one attached hydrogen (secondary N) is 1. The summed E-state index contributed by atoms with van der Waals surface area (Å²) in [5.74, 6) is 2.78. The minimum absolute atomic E-state index is 0.313. The third kappa shape index (κ3) is 4.41. The van der Waals surface area contributed by atoms with Gasteiger partial charge in [0.15, 0.2) is 0 Å². The number of aromatic nitrogens is 1. The first-order chi connectivity index (χ1) is 12.3. The smallest absolute Gasteiger partial charge is 0.220 e. The van der Waals surface area contributed by atoms with Gasteiger partial charge in [-0.2, -0.15) is 0 Å². The van der Waals surface area contributed by atoms with Crippen LogP contribution in [0.15, 0.2) is 24.5 Å². The predicted octanol–water partition coefficient (Wildman–Crippen LogP) is 3.03. The molecule has 0 aromatic carbocycles. The van der Waals surface area contributed by atoms with E-state index >= 15 is 0 Å². The van der Waals surface area contributed by atoms with Crippen LogP contribution in [-0.4, -0.2) is 41.5 Å². The van der Waals surface area contributed by atoms with Gasteiger partial charge in [-0.1, -0.05) is 6.42 Å². The first-order valence-corrected chi connectivity index (χ1v) is 10.2. The first kappa shape index (κ1) is 17.0. The van der Waals surface area contributed by atoms with Gasteiger partial charge in [-0.05, 0) is 74.0 Å². The lowest BCUT2D eigenvalue weighted by atomic mass is 9.86. The molecule has 1 aliphatic heterocycles. The van der Waals surface area contributed by atoms with E-state index in [9.17, 15) is 4.79 Å². The van der Waals surface area contributed by atoms with Gasteiger partial charge >= 0.3 is 0 Å². The Morgan fingerprint density at radius 3 is 2.60 bits per heavy atom. The number of hydrogen-bond donors (Lipinski definition) is 1. The largest absolute Gasteiger partial charge is 0.353 e. The van der Waals surface area contributed by atoms with E-state index in [1.54, 1.807) is 0 Å². The van der Waals surface area contributed by atoms with Crippen molar-refractivity contribution in [2.75, 3.05) is 19.6 Å². The molecule has 1 amide bonds. The van der Waals surface area contributed by atoms with Crippen LogP contribution in [0.2, 0.25) is 0 Å². The van der Waals surface area contributed by atoms with E-state index < -0.39 is 0 Å². The van der Waals surface area contributed by atoms with E-state index in [1.165, 1.54) is 31.2 Å². The number of piperidine rings is 1. The Balaban J connectivity index is 1.14. The summed E-state index contributed by atoms with van der Waals surface area (Å²) in [7, 11) is 0. The Morgan fingerprint density at radius 1 is 1.12 bits per heavy atom. The fraction of sp³-hybridized carbons (Fsp3) is 0.714. The highest BCUT2D eigenvalue weighted by Gasteiger charge is 2.40. The molecule has 3 aliphatic rings. The molecular formula is C21H31N3O. The highest BCUT2D eigenvalue weighted by Crippen LogP contribution is 2.49. The maximum Gasteiger partial charge on any atom is 0.220 e. The lowest BCUT2D eigenvalue weighted by Gasteiger charge is -2.32. The maximum absolute atomic E-state index is 12.4. The lowest BCUT2D eigenvalue weighted by molar-refractivity contribution is -0.123. The monoisotopic (exact) mass is 341 g/mol. The molecule has 2 saturated carbocycles. The highest BCUT2D eigenvalue weighted by atomic mass is 16.1. The average molecular weight is 341 g/mol. The molecule has 4 rings (SSSR count). The van der Waals surface area contributed by atoms with Crippen molar-refractivity contribution >= 4 is 5.91 Å². The Bertz CT molecular complexity index is 568. The van der Waals surface area contributed by atoms with Crippen LogP contribution in [0.25, 0.3) is 0 Å². The van der Waals surface area contributed by atoms with E-state index in [2.05, 4.69) is 27.3 Å². The van der Waals surface area contributed by atoms with Crippen molar-refractivity contribution < 1.29 is 4.79 Å². The first-order valence-electron chi connectivity index (χ1n) is 10.2. The second-order valence-electron chi connectivity index (χ2n) is 8.43. The Morgan fingerprint density at radius 2 is 1.92 bits per heavy atom. The van der Waals surface area contributed by atoms with E-state index in [0.29, 0.717) is 17.9 Å². The van der Waals surface area contributed by atoms with Gasteiger partial charge in [0.05, 0.1) is 0 Å². The fourth-order valence-corrected chi connectivity index (χ4v) is 5.29. The van der Waals surface area contributed by atoms with Gasteiger partial charge in [0.25, 0.3) is 0 Å². The van der Waals surface area contributed by atoms with Crippen LogP contribution in [0.1, 0.15) is 50.5 Å². The molecule has 1 N–H and O–H groups in total. The average Bonchev–Trinajstić information content (AvgIpc) is 3.25. The molecule has 3 unspecified atom stereocenters. The molecule has 136 valence electrons. The molecule has 2 aliphatic carbocycles. The number of carbonyl (C=O) groups is 1. The minimum atomic E-state index is 0.313. The predicted molar refractivity (Wildman–Crippen MR) is 99.1 cm³/mol. The van der Waals surface area contributed by atoms with E-state index in [4.69, 9.17) is 0 Å². The number of likely N-dealkylation sites (tertiary alicyclic amines) is 1. The lowest BCUT2D eigenvalue weighted by Crippen LogP contribution is -2.45. The van der Waals surface area contributed by atoms with Crippen LogP contribution in [-0.2, 0) is 11.2 Å². The number of carbonyl (C=O) groups excluding carboxylic acids is 1. The summed E-state index contributed by atoms with van der Waals surface area (Å²) in [4.78, 5) is 19.0. The molecule has 1 aromatic heterocycles. The summed E-state index contributed by atoms with van der Waals surface area (Å²) in [5, 5.41) is 3.33. The number of rotatable bonds is 6. The van der Waals surface area contributed by atoms with Crippen molar-refractivity contribution in [3.05, 3.63) is 30.1 Å². The zero-order valence-electron chi connectivity index (χ0n) is 15.2. The standard InChI is InChI=1S/C21H31N3O/c25-21(15-19-14-17-1-2-18(19)13-17)23-20-6-11-24(12-7-20)10-5-16-3-8-22-9-4-16/h3-4,8-9,17-20H,1-2,5-7,10-15H2,(H,23,25). The molecule has 3 atom stereocenters. The van der Waals surface area contributed by atoms with Crippen molar-refractivity contribution in [1.82, 2.24) is 15.2 Å². The van der Waals surface area contributed by atoms with Crippen LogP contribution >= 0.6 is 0 Å². The second-order valence-corrected chi connectivity index (χ2v) is 8.43. The third-order valence-electron chi connectivity index (χ3n) is 6.75. The van der Waals surface area contributed by atoms with Crippen molar-refractivity contribution in [3.8, 4) is 0 Å². The summed E-state index contributed by atoms with van der Waals surface area (Å²) in [6, 6.07) is 4.59. The number of pyridine rings is 1. The quantitative estimate of drug-likeness (QED) is 0.865. The van der Waals surface area contributed by atoms with Crippen LogP contribution < -0.4 is 5.32 Å². The fourth-order valence-electron chi connectivity index (χ4n) is 5.29. The molecule has 25 heavy (non-hydrogen) atoms. The van der Waals surface area contributed by atoms with Gasteiger partial charge in [-0.15, -0.1) is 0 Å².